The van der Waals surface area contributed by atoms with E-state index in [0.29, 0.717) is 45.4 Å². The third-order valence-corrected chi connectivity index (χ3v) is 9.01. The molecule has 0 aromatic heterocycles. The van der Waals surface area contributed by atoms with Crippen LogP contribution in [0.25, 0.3) is 0 Å². The molecule has 1 aromatic carbocycles. The first-order valence-electron chi connectivity index (χ1n) is 13.8. The normalized spacial score (nSPS) is 22.3. The van der Waals surface area contributed by atoms with Crippen molar-refractivity contribution in [3.63, 3.8) is 0 Å². The van der Waals surface area contributed by atoms with E-state index in [9.17, 15) is 9.59 Å². The first kappa shape index (κ1) is 31.1. The summed E-state index contributed by atoms with van der Waals surface area (Å²) in [5, 5.41) is 12.5. The summed E-state index contributed by atoms with van der Waals surface area (Å²) in [4.78, 5) is 25.3. The van der Waals surface area contributed by atoms with E-state index in [1.54, 1.807) is 7.11 Å². The number of ether oxygens (including phenoxy) is 3. The Hall–Kier alpha value is -2.45. The highest BCUT2D eigenvalue weighted by Crippen LogP contribution is 2.44. The van der Waals surface area contributed by atoms with E-state index in [4.69, 9.17) is 20.6 Å². The van der Waals surface area contributed by atoms with Crippen LogP contribution >= 0.6 is 11.8 Å². The van der Waals surface area contributed by atoms with Crippen LogP contribution in [-0.2, 0) is 14.3 Å². The summed E-state index contributed by atoms with van der Waals surface area (Å²) < 4.78 is 16.1. The molecule has 39 heavy (non-hydrogen) atoms. The van der Waals surface area contributed by atoms with Crippen molar-refractivity contribution < 1.29 is 23.8 Å². The first-order valence-corrected chi connectivity index (χ1v) is 14.9. The molecule has 0 radical (unpaired) electrons. The molecule has 1 saturated heterocycles. The van der Waals surface area contributed by atoms with Gasteiger partial charge in [0, 0.05) is 25.0 Å². The molecule has 2 aliphatic rings. The van der Waals surface area contributed by atoms with E-state index in [1.165, 1.54) is 43.9 Å². The number of rotatable bonds is 16. The average molecular weight is 561 g/mol. The molecule has 0 spiro atoms. The summed E-state index contributed by atoms with van der Waals surface area (Å²) >= 11 is 1.53. The molecule has 1 heterocycles. The SMILES string of the molecule is C#CCOCCOCCNC[C@H](NC(=O)CSC1NC(=O)NCC1(C)C1CCCCC1)c1ccc(OC)cc1. The van der Waals surface area contributed by atoms with Gasteiger partial charge in [0.2, 0.25) is 5.91 Å². The van der Waals surface area contributed by atoms with Gasteiger partial charge >= 0.3 is 6.03 Å². The van der Waals surface area contributed by atoms with Crippen LogP contribution < -0.4 is 26.0 Å². The van der Waals surface area contributed by atoms with Crippen LogP contribution in [-0.4, -0.2) is 76.2 Å². The number of urea groups is 1. The molecule has 1 saturated carbocycles. The lowest BCUT2D eigenvalue weighted by Crippen LogP contribution is -2.62. The molecule has 216 valence electrons. The van der Waals surface area contributed by atoms with Crippen LogP contribution in [0.15, 0.2) is 24.3 Å². The maximum absolute atomic E-state index is 13.2. The van der Waals surface area contributed by atoms with Crippen molar-refractivity contribution in [2.75, 3.05) is 58.9 Å². The fourth-order valence-electron chi connectivity index (χ4n) is 5.28. The molecule has 1 aliphatic carbocycles. The fraction of sp³-hybridized carbons (Fsp3) is 0.655. The zero-order chi connectivity index (χ0) is 27.9. The van der Waals surface area contributed by atoms with E-state index in [-0.39, 0.29) is 41.1 Å². The molecule has 1 aromatic rings. The fourth-order valence-corrected chi connectivity index (χ4v) is 6.52. The zero-order valence-electron chi connectivity index (χ0n) is 23.3. The molecule has 3 atom stereocenters. The number of nitrogens with one attached hydrogen (secondary N) is 4. The quantitative estimate of drug-likeness (QED) is 0.182. The number of terminal acetylenes is 1. The number of carbonyl (C=O) groups excluding carboxylic acids is 2. The number of hydrogen-bond donors (Lipinski definition) is 4. The highest BCUT2D eigenvalue weighted by Gasteiger charge is 2.45. The first-order chi connectivity index (χ1) is 19.0. The topological polar surface area (TPSA) is 110 Å². The molecule has 2 unspecified atom stereocenters. The van der Waals surface area contributed by atoms with Crippen molar-refractivity contribution in [1.82, 2.24) is 21.3 Å². The van der Waals surface area contributed by atoms with Crippen LogP contribution in [0.1, 0.15) is 50.6 Å². The molecule has 2 fully saturated rings. The predicted octanol–water partition coefficient (Wildman–Crippen LogP) is 3.07. The Balaban J connectivity index is 1.53. The number of amides is 3. The summed E-state index contributed by atoms with van der Waals surface area (Å²) in [6, 6.07) is 7.32. The molecule has 0 bridgehead atoms. The Labute approximate surface area is 237 Å². The van der Waals surface area contributed by atoms with Gasteiger partial charge < -0.3 is 35.5 Å². The number of carbonyl (C=O) groups is 2. The third-order valence-electron chi connectivity index (χ3n) is 7.59. The highest BCUT2D eigenvalue weighted by atomic mass is 32.2. The smallest absolute Gasteiger partial charge is 0.315 e. The van der Waals surface area contributed by atoms with Gasteiger partial charge in [-0.05, 0) is 36.5 Å². The number of thioether (sulfide) groups is 1. The van der Waals surface area contributed by atoms with Gasteiger partial charge in [0.1, 0.15) is 12.4 Å². The minimum absolute atomic E-state index is 0.0664. The minimum Gasteiger partial charge on any atom is -0.497 e. The summed E-state index contributed by atoms with van der Waals surface area (Å²) in [5.74, 6) is 3.91. The van der Waals surface area contributed by atoms with Gasteiger partial charge in [0.25, 0.3) is 0 Å². The van der Waals surface area contributed by atoms with E-state index in [1.807, 2.05) is 24.3 Å². The van der Waals surface area contributed by atoms with Crippen molar-refractivity contribution in [2.24, 2.45) is 11.3 Å². The summed E-state index contributed by atoms with van der Waals surface area (Å²) in [5.41, 5.74) is 0.884. The molecular weight excluding hydrogens is 516 g/mol. The van der Waals surface area contributed by atoms with Gasteiger partial charge in [-0.3, -0.25) is 4.79 Å². The Morgan fingerprint density at radius 1 is 1.18 bits per heavy atom. The summed E-state index contributed by atoms with van der Waals surface area (Å²) in [6.45, 7) is 5.81. The Morgan fingerprint density at radius 2 is 1.92 bits per heavy atom. The molecule has 3 rings (SSSR count). The molecular formula is C29H44N4O5S. The minimum atomic E-state index is -0.227. The van der Waals surface area contributed by atoms with Gasteiger partial charge in [0.05, 0.1) is 44.1 Å². The van der Waals surface area contributed by atoms with Crippen LogP contribution in [0.3, 0.4) is 0 Å². The van der Waals surface area contributed by atoms with Gasteiger partial charge in [-0.2, -0.15) is 0 Å². The Bertz CT molecular complexity index is 935. The lowest BCUT2D eigenvalue weighted by atomic mass is 9.69. The van der Waals surface area contributed by atoms with Crippen molar-refractivity contribution in [1.29, 1.82) is 0 Å². The number of methoxy groups -OCH3 is 1. The molecule has 3 amide bonds. The van der Waals surface area contributed by atoms with Crippen LogP contribution in [0, 0.1) is 23.7 Å². The van der Waals surface area contributed by atoms with Crippen LogP contribution in [0.5, 0.6) is 5.75 Å². The standard InChI is InChI=1S/C29H44N4O5S/c1-4-15-37-17-18-38-16-14-30-19-25(22-10-12-24(36-3)13-11-22)32-26(34)20-39-27-29(2,21-31-28(35)33-27)23-8-6-5-7-9-23/h1,10-13,23,25,27,30H,5-9,14-21H2,2-3H3,(H,32,34)(H2,31,33,35)/t25-,27?,29?/m0/s1. The average Bonchev–Trinajstić information content (AvgIpc) is 2.96. The second kappa shape index (κ2) is 16.6. The summed E-state index contributed by atoms with van der Waals surface area (Å²) in [7, 11) is 1.63. The zero-order valence-corrected chi connectivity index (χ0v) is 24.1. The van der Waals surface area contributed by atoms with Crippen molar-refractivity contribution in [2.45, 2.75) is 50.4 Å². The van der Waals surface area contributed by atoms with Gasteiger partial charge in [0.15, 0.2) is 0 Å². The van der Waals surface area contributed by atoms with Gasteiger partial charge in [-0.1, -0.05) is 44.2 Å². The molecule has 10 heteroatoms. The molecule has 9 nitrogen and oxygen atoms in total. The van der Waals surface area contributed by atoms with Gasteiger partial charge in [-0.15, -0.1) is 18.2 Å². The van der Waals surface area contributed by atoms with Gasteiger partial charge in [-0.25, -0.2) is 4.79 Å². The van der Waals surface area contributed by atoms with E-state index in [0.717, 1.165) is 11.3 Å². The van der Waals surface area contributed by atoms with Crippen molar-refractivity contribution >= 4 is 23.7 Å². The van der Waals surface area contributed by atoms with Crippen LogP contribution in [0.4, 0.5) is 4.79 Å². The van der Waals surface area contributed by atoms with E-state index >= 15 is 0 Å². The van der Waals surface area contributed by atoms with E-state index < -0.39 is 0 Å². The van der Waals surface area contributed by atoms with E-state index in [2.05, 4.69) is 34.1 Å². The lowest BCUT2D eigenvalue weighted by Gasteiger charge is -2.48. The molecule has 1 aliphatic heterocycles. The number of hydrogen-bond acceptors (Lipinski definition) is 7. The largest absolute Gasteiger partial charge is 0.497 e. The maximum atomic E-state index is 13.2. The van der Waals surface area contributed by atoms with Crippen molar-refractivity contribution in [3.8, 4) is 18.1 Å². The van der Waals surface area contributed by atoms with Crippen molar-refractivity contribution in [3.05, 3.63) is 29.8 Å². The number of benzene rings is 1. The second-order valence-corrected chi connectivity index (χ2v) is 11.4. The molecule has 4 N–H and O–H groups in total. The Morgan fingerprint density at radius 3 is 2.64 bits per heavy atom. The van der Waals surface area contributed by atoms with Crippen LogP contribution in [0.2, 0.25) is 0 Å². The third kappa shape index (κ3) is 9.91. The lowest BCUT2D eigenvalue weighted by molar-refractivity contribution is -0.119. The predicted molar refractivity (Wildman–Crippen MR) is 155 cm³/mol. The maximum Gasteiger partial charge on any atom is 0.315 e. The monoisotopic (exact) mass is 560 g/mol. The summed E-state index contributed by atoms with van der Waals surface area (Å²) in [6.07, 6.45) is 11.2. The highest BCUT2D eigenvalue weighted by molar-refractivity contribution is 8.00. The Kier molecular flexibility index (Phi) is 13.2. The second-order valence-electron chi connectivity index (χ2n) is 10.3.